The molecule has 1 N–H and O–H groups in total. The molecule has 0 bridgehead atoms. The lowest BCUT2D eigenvalue weighted by Crippen LogP contribution is -2.10. The average molecular weight is 268 g/mol. The number of nitrogens with zero attached hydrogens (tertiary/aromatic N) is 3. The second-order valence-electron chi connectivity index (χ2n) is 4.21. The van der Waals surface area contributed by atoms with E-state index in [0.29, 0.717) is 34.1 Å². The van der Waals surface area contributed by atoms with Crippen molar-refractivity contribution in [2.75, 3.05) is 6.79 Å². The van der Waals surface area contributed by atoms with Gasteiger partial charge in [0.1, 0.15) is 0 Å². The number of benzene rings is 1. The molecule has 4 rings (SSSR count). The normalized spacial score (nSPS) is 12.8. The molecule has 7 nitrogen and oxygen atoms in total. The number of aromatic amines is 1. The van der Waals surface area contributed by atoms with E-state index in [1.165, 1.54) is 0 Å². The third-order valence-corrected chi connectivity index (χ3v) is 2.98. The molecule has 0 unspecified atom stereocenters. The van der Waals surface area contributed by atoms with Crippen LogP contribution in [-0.4, -0.2) is 26.7 Å². The van der Waals surface area contributed by atoms with E-state index in [4.69, 9.17) is 9.47 Å². The van der Waals surface area contributed by atoms with Crippen molar-refractivity contribution < 1.29 is 9.47 Å². The molecule has 0 fully saturated rings. The molecule has 20 heavy (non-hydrogen) atoms. The van der Waals surface area contributed by atoms with Crippen molar-refractivity contribution in [2.24, 2.45) is 0 Å². The molecule has 0 radical (unpaired) electrons. The topological polar surface area (TPSA) is 90.0 Å². The van der Waals surface area contributed by atoms with Crippen LogP contribution in [0, 0.1) is 0 Å². The maximum Gasteiger partial charge on any atom is 0.259 e. The SMILES string of the molecule is O=c1[nH]c(-c2ncccn2)nc2cc3c(cc12)OCO3. The van der Waals surface area contributed by atoms with Gasteiger partial charge in [-0.3, -0.25) is 4.79 Å². The number of hydrogen-bond acceptors (Lipinski definition) is 6. The van der Waals surface area contributed by atoms with Crippen molar-refractivity contribution in [1.29, 1.82) is 0 Å². The van der Waals surface area contributed by atoms with Gasteiger partial charge in [-0.25, -0.2) is 15.0 Å². The maximum atomic E-state index is 12.1. The molecule has 3 heterocycles. The highest BCUT2D eigenvalue weighted by Gasteiger charge is 2.17. The molecule has 0 spiro atoms. The Morgan fingerprint density at radius 2 is 1.85 bits per heavy atom. The van der Waals surface area contributed by atoms with Crippen LogP contribution in [0.2, 0.25) is 0 Å². The lowest BCUT2D eigenvalue weighted by atomic mass is 10.2. The minimum atomic E-state index is -0.268. The van der Waals surface area contributed by atoms with Crippen LogP contribution in [0.4, 0.5) is 0 Å². The number of rotatable bonds is 1. The predicted octanol–water partition coefficient (Wildman–Crippen LogP) is 1.11. The summed E-state index contributed by atoms with van der Waals surface area (Å²) < 4.78 is 10.5. The zero-order chi connectivity index (χ0) is 13.5. The number of hydrogen-bond donors (Lipinski definition) is 1. The second-order valence-corrected chi connectivity index (χ2v) is 4.21. The molecule has 7 heteroatoms. The van der Waals surface area contributed by atoms with Crippen LogP contribution in [-0.2, 0) is 0 Å². The van der Waals surface area contributed by atoms with Gasteiger partial charge in [0.15, 0.2) is 23.1 Å². The number of ether oxygens (including phenoxy) is 2. The van der Waals surface area contributed by atoms with Crippen molar-refractivity contribution in [3.8, 4) is 23.1 Å². The Morgan fingerprint density at radius 3 is 2.65 bits per heavy atom. The van der Waals surface area contributed by atoms with Crippen molar-refractivity contribution in [3.05, 3.63) is 40.9 Å². The lowest BCUT2D eigenvalue weighted by Gasteiger charge is -2.03. The van der Waals surface area contributed by atoms with Crippen LogP contribution in [0.5, 0.6) is 11.5 Å². The Labute approximate surface area is 112 Å². The molecule has 3 aromatic rings. The highest BCUT2D eigenvalue weighted by Crippen LogP contribution is 2.34. The Hall–Kier alpha value is -2.96. The van der Waals surface area contributed by atoms with Crippen LogP contribution >= 0.6 is 0 Å². The summed E-state index contributed by atoms with van der Waals surface area (Å²) in [5, 5.41) is 0.439. The van der Waals surface area contributed by atoms with Gasteiger partial charge >= 0.3 is 0 Å². The van der Waals surface area contributed by atoms with Gasteiger partial charge in [0.25, 0.3) is 5.56 Å². The van der Waals surface area contributed by atoms with Gasteiger partial charge in [0.05, 0.1) is 10.9 Å². The minimum absolute atomic E-state index is 0.151. The molecule has 1 aromatic carbocycles. The fourth-order valence-electron chi connectivity index (χ4n) is 2.06. The smallest absolute Gasteiger partial charge is 0.259 e. The third kappa shape index (κ3) is 1.60. The minimum Gasteiger partial charge on any atom is -0.454 e. The van der Waals surface area contributed by atoms with Gasteiger partial charge in [-0.2, -0.15) is 0 Å². The van der Waals surface area contributed by atoms with Crippen LogP contribution in [0.25, 0.3) is 22.6 Å². The molecular weight excluding hydrogens is 260 g/mol. The number of nitrogens with one attached hydrogen (secondary N) is 1. The number of fused-ring (bicyclic) bond motifs is 2. The third-order valence-electron chi connectivity index (χ3n) is 2.98. The van der Waals surface area contributed by atoms with Crippen LogP contribution < -0.4 is 15.0 Å². The molecule has 0 saturated carbocycles. The van der Waals surface area contributed by atoms with Gasteiger partial charge in [-0.1, -0.05) is 0 Å². The fourth-order valence-corrected chi connectivity index (χ4v) is 2.06. The van der Waals surface area contributed by atoms with Crippen LogP contribution in [0.15, 0.2) is 35.4 Å². The standard InChI is InChI=1S/C13H8N4O3/c18-13-7-4-9-10(20-6-19-9)5-8(7)16-12(17-13)11-14-2-1-3-15-11/h1-5H,6H2,(H,16,17,18). The van der Waals surface area contributed by atoms with Crippen molar-refractivity contribution in [3.63, 3.8) is 0 Å². The Morgan fingerprint density at radius 1 is 1.10 bits per heavy atom. The molecular formula is C13H8N4O3. The summed E-state index contributed by atoms with van der Waals surface area (Å²) in [6.07, 6.45) is 3.18. The first-order valence-electron chi connectivity index (χ1n) is 5.92. The first-order chi connectivity index (χ1) is 9.81. The molecule has 98 valence electrons. The first-order valence-corrected chi connectivity index (χ1v) is 5.92. The second kappa shape index (κ2) is 4.02. The van der Waals surface area contributed by atoms with E-state index in [1.807, 2.05) is 0 Å². The molecule has 1 aliphatic rings. The Balaban J connectivity index is 1.98. The zero-order valence-electron chi connectivity index (χ0n) is 10.2. The summed E-state index contributed by atoms with van der Waals surface area (Å²) >= 11 is 0. The molecule has 0 atom stereocenters. The average Bonchev–Trinajstić information content (AvgIpc) is 2.93. The van der Waals surface area contributed by atoms with Crippen LogP contribution in [0.3, 0.4) is 0 Å². The van der Waals surface area contributed by atoms with E-state index in [2.05, 4.69) is 19.9 Å². The molecule has 0 aliphatic carbocycles. The Bertz CT molecular complexity index is 861. The summed E-state index contributed by atoms with van der Waals surface area (Å²) in [6, 6.07) is 5.00. The zero-order valence-corrected chi connectivity index (χ0v) is 10.2. The monoisotopic (exact) mass is 268 g/mol. The van der Waals surface area contributed by atoms with Gasteiger partial charge < -0.3 is 14.5 Å². The van der Waals surface area contributed by atoms with E-state index < -0.39 is 0 Å². The summed E-state index contributed by atoms with van der Waals surface area (Å²) in [6.45, 7) is 0.151. The molecule has 2 aromatic heterocycles. The van der Waals surface area contributed by atoms with Gasteiger partial charge in [-0.05, 0) is 12.1 Å². The van der Waals surface area contributed by atoms with E-state index in [0.717, 1.165) is 0 Å². The first kappa shape index (κ1) is 10.9. The lowest BCUT2D eigenvalue weighted by molar-refractivity contribution is 0.174. The van der Waals surface area contributed by atoms with Crippen molar-refractivity contribution in [1.82, 2.24) is 19.9 Å². The van der Waals surface area contributed by atoms with E-state index >= 15 is 0 Å². The van der Waals surface area contributed by atoms with Crippen molar-refractivity contribution in [2.45, 2.75) is 0 Å². The molecule has 0 saturated heterocycles. The van der Waals surface area contributed by atoms with E-state index in [-0.39, 0.29) is 12.4 Å². The summed E-state index contributed by atoms with van der Waals surface area (Å²) in [5.41, 5.74) is 0.246. The van der Waals surface area contributed by atoms with E-state index in [1.54, 1.807) is 30.6 Å². The van der Waals surface area contributed by atoms with Gasteiger partial charge in [-0.15, -0.1) is 0 Å². The summed E-state index contributed by atoms with van der Waals surface area (Å²) in [7, 11) is 0. The number of H-pyrrole nitrogens is 1. The highest BCUT2D eigenvalue weighted by molar-refractivity contribution is 5.83. The van der Waals surface area contributed by atoms with Crippen LogP contribution in [0.1, 0.15) is 0 Å². The largest absolute Gasteiger partial charge is 0.454 e. The predicted molar refractivity (Wildman–Crippen MR) is 69.5 cm³/mol. The Kier molecular flexibility index (Phi) is 2.19. The maximum absolute atomic E-state index is 12.1. The highest BCUT2D eigenvalue weighted by atomic mass is 16.7. The van der Waals surface area contributed by atoms with E-state index in [9.17, 15) is 4.79 Å². The van der Waals surface area contributed by atoms with Crippen molar-refractivity contribution >= 4 is 10.9 Å². The van der Waals surface area contributed by atoms with Gasteiger partial charge in [0.2, 0.25) is 6.79 Å². The molecule has 0 amide bonds. The quantitative estimate of drug-likeness (QED) is 0.711. The fraction of sp³-hybridized carbons (Fsp3) is 0.0769. The summed E-state index contributed by atoms with van der Waals surface area (Å²) in [5.74, 6) is 1.81. The van der Waals surface area contributed by atoms with Gasteiger partial charge in [0, 0.05) is 18.5 Å². The molecule has 1 aliphatic heterocycles. The summed E-state index contributed by atoms with van der Waals surface area (Å²) in [4.78, 5) is 27.3. The number of aromatic nitrogens is 4.